The van der Waals surface area contributed by atoms with E-state index >= 15 is 0 Å². The topological polar surface area (TPSA) is 84.4 Å². The van der Waals surface area contributed by atoms with Gasteiger partial charge in [0.05, 0.1) is 11.5 Å². The van der Waals surface area contributed by atoms with Crippen LogP contribution in [0.5, 0.6) is 0 Å². The summed E-state index contributed by atoms with van der Waals surface area (Å²) in [7, 11) is 0. The number of rotatable bonds is 2. The standard InChI is InChI=1S/C15H19ClN4O3/c1-4-8-9-10(23-15(2,3)22-9)13(21-8)20-6-5-7-11(16)18-14(17)19-12(7)20/h5-6,8-10,13H,4H2,1-3H3,(H2,17,18,19)/t8-,9+,10?,13-/m1/s1. The Morgan fingerprint density at radius 2 is 2.04 bits per heavy atom. The summed E-state index contributed by atoms with van der Waals surface area (Å²) in [5.74, 6) is -0.493. The van der Waals surface area contributed by atoms with Crippen LogP contribution in [-0.2, 0) is 14.2 Å². The molecular weight excluding hydrogens is 320 g/mol. The normalized spacial score (nSPS) is 32.5. The molecule has 2 aliphatic heterocycles. The molecule has 0 saturated carbocycles. The zero-order chi connectivity index (χ0) is 16.4. The van der Waals surface area contributed by atoms with Crippen LogP contribution in [-0.4, -0.2) is 38.6 Å². The summed E-state index contributed by atoms with van der Waals surface area (Å²) in [5, 5.41) is 1.07. The maximum absolute atomic E-state index is 6.17. The Balaban J connectivity index is 1.79. The first-order chi connectivity index (χ1) is 10.9. The number of aromatic nitrogens is 3. The molecule has 0 radical (unpaired) electrons. The third-order valence-electron chi connectivity index (χ3n) is 4.34. The summed E-state index contributed by atoms with van der Waals surface area (Å²) in [6.45, 7) is 5.91. The Morgan fingerprint density at radius 1 is 1.30 bits per heavy atom. The highest BCUT2D eigenvalue weighted by Crippen LogP contribution is 2.44. The van der Waals surface area contributed by atoms with Gasteiger partial charge in [-0.1, -0.05) is 18.5 Å². The quantitative estimate of drug-likeness (QED) is 0.847. The van der Waals surface area contributed by atoms with Crippen molar-refractivity contribution in [2.75, 3.05) is 5.73 Å². The van der Waals surface area contributed by atoms with E-state index in [1.54, 1.807) is 0 Å². The third-order valence-corrected chi connectivity index (χ3v) is 4.63. The van der Waals surface area contributed by atoms with Gasteiger partial charge in [-0.05, 0) is 26.3 Å². The average Bonchev–Trinajstić information content (AvgIpc) is 3.09. The van der Waals surface area contributed by atoms with E-state index in [1.807, 2.05) is 30.7 Å². The lowest BCUT2D eigenvalue weighted by molar-refractivity contribution is -0.196. The van der Waals surface area contributed by atoms with Gasteiger partial charge in [0.25, 0.3) is 0 Å². The number of nitrogen functional groups attached to an aromatic ring is 1. The number of ether oxygens (including phenoxy) is 3. The minimum absolute atomic E-state index is 0.0288. The van der Waals surface area contributed by atoms with Crippen molar-refractivity contribution in [1.29, 1.82) is 0 Å². The first-order valence-electron chi connectivity index (χ1n) is 7.70. The van der Waals surface area contributed by atoms with Crippen LogP contribution in [0.3, 0.4) is 0 Å². The first-order valence-corrected chi connectivity index (χ1v) is 8.08. The summed E-state index contributed by atoms with van der Waals surface area (Å²) in [6.07, 6.45) is 2.04. The van der Waals surface area contributed by atoms with Crippen LogP contribution in [0.2, 0.25) is 5.15 Å². The van der Waals surface area contributed by atoms with Gasteiger partial charge in [-0.15, -0.1) is 0 Å². The Bertz CT molecular complexity index is 763. The van der Waals surface area contributed by atoms with E-state index in [4.69, 9.17) is 31.5 Å². The lowest BCUT2D eigenvalue weighted by Crippen LogP contribution is -2.28. The average molecular weight is 339 g/mol. The summed E-state index contributed by atoms with van der Waals surface area (Å²) >= 11 is 6.15. The molecule has 0 aliphatic carbocycles. The SMILES string of the molecule is CC[C@H]1O[C@@H](n2ccc3c(Cl)nc(N)nc32)C2OC(C)(C)O[C@H]21. The molecule has 4 heterocycles. The van der Waals surface area contributed by atoms with Gasteiger partial charge in [0, 0.05) is 6.20 Å². The van der Waals surface area contributed by atoms with E-state index in [-0.39, 0.29) is 30.5 Å². The van der Waals surface area contributed by atoms with E-state index < -0.39 is 5.79 Å². The largest absolute Gasteiger partial charge is 0.368 e. The second kappa shape index (κ2) is 5.04. The number of anilines is 1. The van der Waals surface area contributed by atoms with Crippen LogP contribution in [0, 0.1) is 0 Å². The smallest absolute Gasteiger partial charge is 0.223 e. The second-order valence-electron chi connectivity index (χ2n) is 6.37. The number of nitrogens with zero attached hydrogens (tertiary/aromatic N) is 3. The summed E-state index contributed by atoms with van der Waals surface area (Å²) in [4.78, 5) is 8.30. The first kappa shape index (κ1) is 15.1. The summed E-state index contributed by atoms with van der Waals surface area (Å²) in [6, 6.07) is 1.86. The molecule has 2 aromatic rings. The highest BCUT2D eigenvalue weighted by Gasteiger charge is 2.55. The van der Waals surface area contributed by atoms with Gasteiger partial charge in [0.15, 0.2) is 12.0 Å². The lowest BCUT2D eigenvalue weighted by Gasteiger charge is -2.24. The summed E-state index contributed by atoms with van der Waals surface area (Å²) < 4.78 is 20.2. The monoisotopic (exact) mass is 338 g/mol. The predicted molar refractivity (Wildman–Crippen MR) is 85.0 cm³/mol. The Labute approximate surface area is 138 Å². The van der Waals surface area contributed by atoms with Gasteiger partial charge >= 0.3 is 0 Å². The highest BCUT2D eigenvalue weighted by atomic mass is 35.5. The minimum atomic E-state index is -0.626. The maximum Gasteiger partial charge on any atom is 0.223 e. The fourth-order valence-electron chi connectivity index (χ4n) is 3.43. The molecule has 4 atom stereocenters. The molecule has 0 spiro atoms. The molecule has 8 heteroatoms. The molecule has 0 aromatic carbocycles. The van der Waals surface area contributed by atoms with Crippen molar-refractivity contribution < 1.29 is 14.2 Å². The van der Waals surface area contributed by atoms with Crippen molar-refractivity contribution in [1.82, 2.24) is 14.5 Å². The van der Waals surface area contributed by atoms with Crippen molar-refractivity contribution in [3.8, 4) is 0 Å². The van der Waals surface area contributed by atoms with Crippen LogP contribution in [0.25, 0.3) is 11.0 Å². The molecule has 124 valence electrons. The van der Waals surface area contributed by atoms with Crippen LogP contribution in [0.15, 0.2) is 12.3 Å². The molecule has 1 unspecified atom stereocenters. The van der Waals surface area contributed by atoms with E-state index in [9.17, 15) is 0 Å². The third kappa shape index (κ3) is 2.30. The molecule has 4 rings (SSSR count). The molecule has 2 N–H and O–H groups in total. The van der Waals surface area contributed by atoms with Gasteiger partial charge in [-0.3, -0.25) is 0 Å². The fraction of sp³-hybridized carbons (Fsp3) is 0.600. The number of halogens is 1. The van der Waals surface area contributed by atoms with Gasteiger partial charge < -0.3 is 24.5 Å². The molecule has 2 fully saturated rings. The molecule has 2 saturated heterocycles. The van der Waals surface area contributed by atoms with Gasteiger partial charge in [-0.25, -0.2) is 4.98 Å². The van der Waals surface area contributed by atoms with E-state index in [0.717, 1.165) is 11.8 Å². The van der Waals surface area contributed by atoms with E-state index in [2.05, 4.69) is 16.9 Å². The van der Waals surface area contributed by atoms with Gasteiger partial charge in [0.1, 0.15) is 23.0 Å². The fourth-order valence-corrected chi connectivity index (χ4v) is 3.66. The number of hydrogen-bond acceptors (Lipinski definition) is 6. The second-order valence-corrected chi connectivity index (χ2v) is 6.73. The maximum atomic E-state index is 6.17. The van der Waals surface area contributed by atoms with E-state index in [1.165, 1.54) is 0 Å². The number of hydrogen-bond donors (Lipinski definition) is 1. The molecule has 2 aliphatic rings. The number of fused-ring (bicyclic) bond motifs is 2. The Kier molecular flexibility index (Phi) is 3.32. The zero-order valence-corrected chi connectivity index (χ0v) is 13.9. The van der Waals surface area contributed by atoms with E-state index in [0.29, 0.717) is 10.8 Å². The minimum Gasteiger partial charge on any atom is -0.368 e. The van der Waals surface area contributed by atoms with Crippen molar-refractivity contribution in [3.05, 3.63) is 17.4 Å². The Hall–Kier alpha value is -1.41. The lowest BCUT2D eigenvalue weighted by atomic mass is 10.1. The highest BCUT2D eigenvalue weighted by molar-refractivity contribution is 6.34. The van der Waals surface area contributed by atoms with Crippen LogP contribution >= 0.6 is 11.6 Å². The van der Waals surface area contributed by atoms with Crippen LogP contribution in [0.1, 0.15) is 33.4 Å². The van der Waals surface area contributed by atoms with Crippen LogP contribution in [0.4, 0.5) is 5.95 Å². The molecule has 0 bridgehead atoms. The molecule has 0 amide bonds. The van der Waals surface area contributed by atoms with Gasteiger partial charge in [0.2, 0.25) is 5.95 Å². The van der Waals surface area contributed by atoms with Crippen molar-refractivity contribution in [2.45, 2.75) is 57.5 Å². The molecule has 7 nitrogen and oxygen atoms in total. The number of nitrogens with two attached hydrogens (primary N) is 1. The molecule has 2 aromatic heterocycles. The van der Waals surface area contributed by atoms with Gasteiger partial charge in [-0.2, -0.15) is 4.98 Å². The zero-order valence-electron chi connectivity index (χ0n) is 13.2. The predicted octanol–water partition coefficient (Wildman–Crippen LogP) is 2.49. The molecular formula is C15H19ClN4O3. The van der Waals surface area contributed by atoms with Crippen molar-refractivity contribution >= 4 is 28.6 Å². The van der Waals surface area contributed by atoms with Crippen molar-refractivity contribution in [3.63, 3.8) is 0 Å². The van der Waals surface area contributed by atoms with Crippen molar-refractivity contribution in [2.24, 2.45) is 0 Å². The Morgan fingerprint density at radius 3 is 2.78 bits per heavy atom. The molecule has 23 heavy (non-hydrogen) atoms. The summed E-state index contributed by atoms with van der Waals surface area (Å²) in [5.41, 5.74) is 6.37. The van der Waals surface area contributed by atoms with Crippen LogP contribution < -0.4 is 5.73 Å².